The van der Waals surface area contributed by atoms with Crippen molar-refractivity contribution >= 4 is 30.1 Å². The summed E-state index contributed by atoms with van der Waals surface area (Å²) < 4.78 is 5.59. The lowest BCUT2D eigenvalue weighted by atomic mass is 10.0. The lowest BCUT2D eigenvalue weighted by Gasteiger charge is -2.41. The minimum absolute atomic E-state index is 0. The molecule has 9 heteroatoms. The van der Waals surface area contributed by atoms with E-state index < -0.39 is 5.91 Å². The number of primary amides is 1. The van der Waals surface area contributed by atoms with E-state index >= 15 is 0 Å². The number of rotatable bonds is 6. The van der Waals surface area contributed by atoms with Crippen LogP contribution in [0.2, 0.25) is 0 Å². The van der Waals surface area contributed by atoms with Crippen LogP contribution in [0.5, 0.6) is 5.75 Å². The lowest BCUT2D eigenvalue weighted by molar-refractivity contribution is -0.140. The molecule has 0 radical (unpaired) electrons. The van der Waals surface area contributed by atoms with Gasteiger partial charge >= 0.3 is 0 Å². The number of hydrogen-bond donors (Lipinski definition) is 2. The van der Waals surface area contributed by atoms with E-state index in [1.54, 1.807) is 24.3 Å². The van der Waals surface area contributed by atoms with Crippen molar-refractivity contribution in [1.29, 1.82) is 0 Å². The van der Waals surface area contributed by atoms with Crippen molar-refractivity contribution in [3.8, 4) is 5.75 Å². The van der Waals surface area contributed by atoms with Crippen molar-refractivity contribution in [3.05, 3.63) is 29.8 Å². The maximum absolute atomic E-state index is 12.5. The van der Waals surface area contributed by atoms with Crippen LogP contribution in [0.15, 0.2) is 24.3 Å². The molecule has 2 fully saturated rings. The fourth-order valence-corrected chi connectivity index (χ4v) is 3.60. The monoisotopic (exact) mass is 410 g/mol. The van der Waals surface area contributed by atoms with E-state index in [1.807, 2.05) is 9.80 Å². The Balaban J connectivity index is 0.00000280. The number of benzene rings is 1. The van der Waals surface area contributed by atoms with Crippen molar-refractivity contribution < 1.29 is 19.1 Å². The van der Waals surface area contributed by atoms with Crippen LogP contribution in [0.3, 0.4) is 0 Å². The van der Waals surface area contributed by atoms with E-state index in [-0.39, 0.29) is 43.3 Å². The first-order chi connectivity index (χ1) is 13.0. The molecular weight excluding hydrogens is 384 g/mol. The highest BCUT2D eigenvalue weighted by molar-refractivity contribution is 5.93. The van der Waals surface area contributed by atoms with Gasteiger partial charge in [0, 0.05) is 37.8 Å². The van der Waals surface area contributed by atoms with Crippen LogP contribution in [0.1, 0.15) is 29.6 Å². The number of piperazine rings is 1. The number of carbonyl (C=O) groups is 3. The zero-order valence-electron chi connectivity index (χ0n) is 15.8. The summed E-state index contributed by atoms with van der Waals surface area (Å²) in [5.41, 5.74) is 5.63. The molecule has 2 saturated heterocycles. The van der Waals surface area contributed by atoms with E-state index in [4.69, 9.17) is 10.5 Å². The molecule has 0 aromatic heterocycles. The van der Waals surface area contributed by atoms with Gasteiger partial charge in [-0.25, -0.2) is 0 Å². The smallest absolute Gasteiger partial charge is 0.248 e. The van der Waals surface area contributed by atoms with Crippen LogP contribution in [0.4, 0.5) is 0 Å². The molecule has 154 valence electrons. The summed E-state index contributed by atoms with van der Waals surface area (Å²) in [5.74, 6) is 0.131. The molecule has 0 bridgehead atoms. The second-order valence-corrected chi connectivity index (χ2v) is 6.89. The molecule has 1 unspecified atom stereocenters. The Kier molecular flexibility index (Phi) is 8.07. The van der Waals surface area contributed by atoms with E-state index in [0.717, 1.165) is 19.4 Å². The molecule has 2 aliphatic heterocycles. The summed E-state index contributed by atoms with van der Waals surface area (Å²) in [5, 5.41) is 3.07. The van der Waals surface area contributed by atoms with Gasteiger partial charge in [0.25, 0.3) is 0 Å². The zero-order chi connectivity index (χ0) is 19.2. The first kappa shape index (κ1) is 22.0. The second kappa shape index (κ2) is 10.3. The molecular formula is C19H27ClN4O4. The fourth-order valence-electron chi connectivity index (χ4n) is 3.60. The number of nitrogens with one attached hydrogen (secondary N) is 1. The van der Waals surface area contributed by atoms with Gasteiger partial charge in [-0.15, -0.1) is 12.4 Å². The van der Waals surface area contributed by atoms with Gasteiger partial charge in [0.2, 0.25) is 17.7 Å². The zero-order valence-corrected chi connectivity index (χ0v) is 16.6. The third kappa shape index (κ3) is 5.59. The Morgan fingerprint density at radius 3 is 2.86 bits per heavy atom. The molecule has 1 aromatic carbocycles. The lowest BCUT2D eigenvalue weighted by Crippen LogP contribution is -2.57. The van der Waals surface area contributed by atoms with Gasteiger partial charge in [0.05, 0.1) is 19.6 Å². The quantitative estimate of drug-likeness (QED) is 0.706. The van der Waals surface area contributed by atoms with Gasteiger partial charge in [-0.1, -0.05) is 6.07 Å². The van der Waals surface area contributed by atoms with E-state index in [0.29, 0.717) is 37.5 Å². The maximum atomic E-state index is 12.5. The number of hydrogen-bond acceptors (Lipinski definition) is 5. The van der Waals surface area contributed by atoms with Gasteiger partial charge in [-0.05, 0) is 31.0 Å². The minimum atomic E-state index is -0.515. The summed E-state index contributed by atoms with van der Waals surface area (Å²) >= 11 is 0. The van der Waals surface area contributed by atoms with Gasteiger partial charge in [-0.3, -0.25) is 14.4 Å². The predicted molar refractivity (Wildman–Crippen MR) is 107 cm³/mol. The van der Waals surface area contributed by atoms with Crippen LogP contribution in [0.25, 0.3) is 0 Å². The molecule has 3 rings (SSSR count). The Labute approximate surface area is 170 Å². The number of carbonyl (C=O) groups excluding carboxylic acids is 3. The molecule has 0 spiro atoms. The Morgan fingerprint density at radius 1 is 1.29 bits per heavy atom. The Bertz CT molecular complexity index is 715. The van der Waals surface area contributed by atoms with E-state index in [1.165, 1.54) is 0 Å². The molecule has 8 nitrogen and oxygen atoms in total. The van der Waals surface area contributed by atoms with Crippen molar-refractivity contribution in [2.45, 2.75) is 25.3 Å². The Hall–Kier alpha value is -2.32. The van der Waals surface area contributed by atoms with Crippen molar-refractivity contribution in [1.82, 2.24) is 15.1 Å². The topological polar surface area (TPSA) is 105 Å². The summed E-state index contributed by atoms with van der Waals surface area (Å²) in [7, 11) is 0. The Morgan fingerprint density at radius 2 is 2.11 bits per heavy atom. The first-order valence-electron chi connectivity index (χ1n) is 9.35. The predicted octanol–water partition coefficient (Wildman–Crippen LogP) is 0.399. The normalized spacial score (nSPS) is 19.7. The molecule has 3 N–H and O–H groups in total. The number of halogens is 1. The average molecular weight is 411 g/mol. The van der Waals surface area contributed by atoms with Gasteiger partial charge in [-0.2, -0.15) is 0 Å². The highest BCUT2D eigenvalue weighted by atomic mass is 35.5. The summed E-state index contributed by atoms with van der Waals surface area (Å²) in [6, 6.07) is 6.71. The largest absolute Gasteiger partial charge is 0.493 e. The van der Waals surface area contributed by atoms with Gasteiger partial charge < -0.3 is 25.6 Å². The highest BCUT2D eigenvalue weighted by Crippen LogP contribution is 2.18. The van der Waals surface area contributed by atoms with E-state index in [2.05, 4.69) is 5.32 Å². The maximum Gasteiger partial charge on any atom is 0.248 e. The van der Waals surface area contributed by atoms with Crippen LogP contribution in [-0.2, 0) is 9.59 Å². The first-order valence-corrected chi connectivity index (χ1v) is 9.35. The second-order valence-electron chi connectivity index (χ2n) is 6.89. The van der Waals surface area contributed by atoms with Crippen LogP contribution in [0, 0.1) is 0 Å². The molecule has 0 saturated carbocycles. The fraction of sp³-hybridized carbons (Fsp3) is 0.526. The third-order valence-corrected chi connectivity index (χ3v) is 5.02. The SMILES string of the molecule is Cl.NC(=O)c1cccc(OCCC(=O)N2CCCC(N3CCNCC3=O)C2)c1. The number of amides is 3. The number of nitrogens with two attached hydrogens (primary N) is 1. The number of piperidine rings is 1. The molecule has 2 aliphatic rings. The van der Waals surface area contributed by atoms with Crippen molar-refractivity contribution in [2.75, 3.05) is 39.3 Å². The average Bonchev–Trinajstić information content (AvgIpc) is 2.68. The highest BCUT2D eigenvalue weighted by Gasteiger charge is 2.31. The number of likely N-dealkylation sites (tertiary alicyclic amines) is 1. The molecule has 0 aliphatic carbocycles. The summed E-state index contributed by atoms with van der Waals surface area (Å²) in [6.07, 6.45) is 2.09. The molecule has 3 amide bonds. The molecule has 1 atom stereocenters. The van der Waals surface area contributed by atoms with Crippen LogP contribution < -0.4 is 15.8 Å². The van der Waals surface area contributed by atoms with Gasteiger partial charge in [0.15, 0.2) is 0 Å². The van der Waals surface area contributed by atoms with Crippen molar-refractivity contribution in [2.24, 2.45) is 5.73 Å². The minimum Gasteiger partial charge on any atom is -0.493 e. The standard InChI is InChI=1S/C19H26N4O4.ClH/c20-19(26)14-3-1-5-16(11-14)27-10-6-17(24)22-8-2-4-15(13-22)23-9-7-21-12-18(23)25;/h1,3,5,11,15,21H,2,4,6-10,12-13H2,(H2,20,26);1H. The van der Waals surface area contributed by atoms with Gasteiger partial charge in [0.1, 0.15) is 5.75 Å². The molecule has 2 heterocycles. The number of nitrogens with zero attached hydrogens (tertiary/aromatic N) is 2. The molecule has 1 aromatic rings. The van der Waals surface area contributed by atoms with Crippen LogP contribution >= 0.6 is 12.4 Å². The summed E-state index contributed by atoms with van der Waals surface area (Å²) in [4.78, 5) is 39.5. The van der Waals surface area contributed by atoms with Crippen LogP contribution in [-0.4, -0.2) is 72.9 Å². The van der Waals surface area contributed by atoms with Crippen molar-refractivity contribution in [3.63, 3.8) is 0 Å². The number of ether oxygens (including phenoxy) is 1. The molecule has 28 heavy (non-hydrogen) atoms. The van der Waals surface area contributed by atoms with E-state index in [9.17, 15) is 14.4 Å². The third-order valence-electron chi connectivity index (χ3n) is 5.02. The summed E-state index contributed by atoms with van der Waals surface area (Å²) in [6.45, 7) is 3.41.